The predicted molar refractivity (Wildman–Crippen MR) is 109 cm³/mol. The highest BCUT2D eigenvalue weighted by Gasteiger charge is 2.25. The number of hydrogen-bond donors (Lipinski definition) is 1. The van der Waals surface area contributed by atoms with E-state index in [2.05, 4.69) is 0 Å². The van der Waals surface area contributed by atoms with E-state index < -0.39 is 0 Å². The monoisotopic (exact) mass is 386 g/mol. The Bertz CT molecular complexity index is 778. The Balaban J connectivity index is 1.58. The number of hydrogen-bond acceptors (Lipinski definition) is 3. The molecule has 2 N–H and O–H groups in total. The average Bonchev–Trinajstić information content (AvgIpc) is 2.68. The Kier molecular flexibility index (Phi) is 6.75. The highest BCUT2D eigenvalue weighted by molar-refractivity contribution is 6.31. The Labute approximate surface area is 166 Å². The molecular weight excluding hydrogens is 360 g/mol. The number of nitrogens with two attached hydrogens (primary N) is 1. The summed E-state index contributed by atoms with van der Waals surface area (Å²) in [5, 5.41) is 0.692. The molecule has 1 aliphatic rings. The molecule has 4 nitrogen and oxygen atoms in total. The first-order valence-corrected chi connectivity index (χ1v) is 9.89. The summed E-state index contributed by atoms with van der Waals surface area (Å²) in [6, 6.07) is 15.5. The van der Waals surface area contributed by atoms with Crippen molar-refractivity contribution in [2.45, 2.75) is 38.8 Å². The maximum absolute atomic E-state index is 12.7. The fourth-order valence-corrected chi connectivity index (χ4v) is 3.66. The van der Waals surface area contributed by atoms with E-state index in [4.69, 9.17) is 22.1 Å². The third-order valence-corrected chi connectivity index (χ3v) is 5.53. The minimum absolute atomic E-state index is 0.127. The van der Waals surface area contributed by atoms with E-state index in [1.807, 2.05) is 60.4 Å². The van der Waals surface area contributed by atoms with E-state index in [1.165, 1.54) is 0 Å². The average molecular weight is 387 g/mol. The lowest BCUT2D eigenvalue weighted by molar-refractivity contribution is -0.132. The summed E-state index contributed by atoms with van der Waals surface area (Å²) in [6.07, 6.45) is 2.51. The smallest absolute Gasteiger partial charge is 0.227 e. The number of benzene rings is 2. The molecule has 27 heavy (non-hydrogen) atoms. The molecule has 2 unspecified atom stereocenters. The second-order valence-electron chi connectivity index (χ2n) is 7.31. The van der Waals surface area contributed by atoms with Gasteiger partial charge in [-0.15, -0.1) is 0 Å². The van der Waals surface area contributed by atoms with Crippen molar-refractivity contribution in [1.29, 1.82) is 0 Å². The van der Waals surface area contributed by atoms with Crippen molar-refractivity contribution in [3.63, 3.8) is 0 Å². The molecule has 0 bridgehead atoms. The highest BCUT2D eigenvalue weighted by Crippen LogP contribution is 2.22. The third-order valence-electron chi connectivity index (χ3n) is 5.16. The zero-order valence-electron chi connectivity index (χ0n) is 15.7. The molecule has 0 radical (unpaired) electrons. The lowest BCUT2D eigenvalue weighted by atomic mass is 9.92. The van der Waals surface area contributed by atoms with Crippen LogP contribution >= 0.6 is 11.6 Å². The van der Waals surface area contributed by atoms with Gasteiger partial charge in [-0.05, 0) is 49.4 Å². The van der Waals surface area contributed by atoms with Crippen LogP contribution in [0.1, 0.15) is 30.9 Å². The number of amides is 1. The van der Waals surface area contributed by atoms with Crippen LogP contribution in [-0.2, 0) is 17.8 Å². The molecular formula is C22H27ClN2O2. The predicted octanol–water partition coefficient (Wildman–Crippen LogP) is 4.05. The molecule has 0 aliphatic carbocycles. The number of carbonyl (C=O) groups excluding carboxylic acids is 1. The molecule has 0 spiro atoms. The van der Waals surface area contributed by atoms with Gasteiger partial charge in [0.2, 0.25) is 5.91 Å². The number of carbonyl (C=O) groups is 1. The fourth-order valence-electron chi connectivity index (χ4n) is 3.47. The normalized spacial score (nSPS) is 18.2. The third kappa shape index (κ3) is 5.47. The lowest BCUT2D eigenvalue weighted by Gasteiger charge is -2.34. The SMILES string of the molecule is CC(N)C1CCCN(C(=O)Cc2cccc(OCc3ccccc3Cl)c2)C1. The summed E-state index contributed by atoms with van der Waals surface area (Å²) < 4.78 is 5.86. The molecule has 3 rings (SSSR count). The van der Waals surface area contributed by atoms with Gasteiger partial charge >= 0.3 is 0 Å². The second-order valence-corrected chi connectivity index (χ2v) is 7.71. The molecule has 1 aliphatic heterocycles. The van der Waals surface area contributed by atoms with Crippen molar-refractivity contribution in [3.8, 4) is 5.75 Å². The number of likely N-dealkylation sites (tertiary alicyclic amines) is 1. The molecule has 1 amide bonds. The van der Waals surface area contributed by atoms with Gasteiger partial charge in [0.15, 0.2) is 0 Å². The fraction of sp³-hybridized carbons (Fsp3) is 0.409. The van der Waals surface area contributed by atoms with Crippen molar-refractivity contribution >= 4 is 17.5 Å². The van der Waals surface area contributed by atoms with Gasteiger partial charge in [0.25, 0.3) is 0 Å². The van der Waals surface area contributed by atoms with Crippen LogP contribution in [0.3, 0.4) is 0 Å². The van der Waals surface area contributed by atoms with Gasteiger partial charge in [-0.3, -0.25) is 4.79 Å². The summed E-state index contributed by atoms with van der Waals surface area (Å²) in [5.74, 6) is 1.30. The number of halogens is 1. The first-order valence-electron chi connectivity index (χ1n) is 9.51. The molecule has 2 atom stereocenters. The molecule has 2 aromatic carbocycles. The van der Waals surface area contributed by atoms with Gasteiger partial charge in [-0.1, -0.05) is 41.9 Å². The van der Waals surface area contributed by atoms with E-state index in [0.717, 1.165) is 42.8 Å². The summed E-state index contributed by atoms with van der Waals surface area (Å²) in [7, 11) is 0. The van der Waals surface area contributed by atoms with Gasteiger partial charge in [-0.25, -0.2) is 0 Å². The molecule has 1 heterocycles. The Hall–Kier alpha value is -2.04. The van der Waals surface area contributed by atoms with Gasteiger partial charge in [-0.2, -0.15) is 0 Å². The number of piperidine rings is 1. The van der Waals surface area contributed by atoms with Crippen molar-refractivity contribution in [1.82, 2.24) is 4.90 Å². The lowest BCUT2D eigenvalue weighted by Crippen LogP contribution is -2.45. The first kappa shape index (κ1) is 19.7. The van der Waals surface area contributed by atoms with E-state index in [1.54, 1.807) is 0 Å². The Morgan fingerprint density at radius 3 is 2.89 bits per heavy atom. The number of rotatable bonds is 6. The van der Waals surface area contributed by atoms with E-state index >= 15 is 0 Å². The summed E-state index contributed by atoms with van der Waals surface area (Å²) in [5.41, 5.74) is 7.93. The highest BCUT2D eigenvalue weighted by atomic mass is 35.5. The van der Waals surface area contributed by atoms with Crippen LogP contribution in [0.5, 0.6) is 5.75 Å². The molecule has 2 aromatic rings. The molecule has 0 saturated carbocycles. The first-order chi connectivity index (χ1) is 13.0. The Morgan fingerprint density at radius 2 is 2.11 bits per heavy atom. The van der Waals surface area contributed by atoms with E-state index in [-0.39, 0.29) is 11.9 Å². The minimum Gasteiger partial charge on any atom is -0.489 e. The number of nitrogens with zero attached hydrogens (tertiary/aromatic N) is 1. The maximum atomic E-state index is 12.7. The zero-order valence-corrected chi connectivity index (χ0v) is 16.5. The zero-order chi connectivity index (χ0) is 19.2. The molecule has 1 saturated heterocycles. The van der Waals surface area contributed by atoms with Crippen LogP contribution in [0.15, 0.2) is 48.5 Å². The van der Waals surface area contributed by atoms with E-state index in [0.29, 0.717) is 24.0 Å². The number of ether oxygens (including phenoxy) is 1. The van der Waals surface area contributed by atoms with Gasteiger partial charge < -0.3 is 15.4 Å². The maximum Gasteiger partial charge on any atom is 0.227 e. The summed E-state index contributed by atoms with van der Waals surface area (Å²) >= 11 is 6.17. The minimum atomic E-state index is 0.127. The Morgan fingerprint density at radius 1 is 1.30 bits per heavy atom. The van der Waals surface area contributed by atoms with Gasteiger partial charge in [0, 0.05) is 29.7 Å². The van der Waals surface area contributed by atoms with Crippen LogP contribution in [0.2, 0.25) is 5.02 Å². The van der Waals surface area contributed by atoms with Crippen molar-refractivity contribution in [3.05, 3.63) is 64.7 Å². The van der Waals surface area contributed by atoms with Crippen LogP contribution in [0, 0.1) is 5.92 Å². The molecule has 5 heteroatoms. The van der Waals surface area contributed by atoms with E-state index in [9.17, 15) is 4.79 Å². The largest absolute Gasteiger partial charge is 0.489 e. The van der Waals surface area contributed by atoms with Crippen molar-refractivity contribution in [2.75, 3.05) is 13.1 Å². The molecule has 144 valence electrons. The quantitative estimate of drug-likeness (QED) is 0.814. The van der Waals surface area contributed by atoms with Crippen LogP contribution in [0.25, 0.3) is 0 Å². The van der Waals surface area contributed by atoms with Crippen molar-refractivity contribution < 1.29 is 9.53 Å². The topological polar surface area (TPSA) is 55.6 Å². The molecule has 1 fully saturated rings. The summed E-state index contributed by atoms with van der Waals surface area (Å²) in [4.78, 5) is 14.7. The van der Waals surface area contributed by atoms with Crippen LogP contribution < -0.4 is 10.5 Å². The van der Waals surface area contributed by atoms with Gasteiger partial charge in [0.05, 0.1) is 6.42 Å². The standard InChI is InChI=1S/C22H27ClN2O2/c1-16(24)18-8-5-11-25(14-18)22(26)13-17-6-4-9-20(12-17)27-15-19-7-2-3-10-21(19)23/h2-4,6-7,9-10,12,16,18H,5,8,11,13-15,24H2,1H3. The van der Waals surface area contributed by atoms with Gasteiger partial charge in [0.1, 0.15) is 12.4 Å². The van der Waals surface area contributed by atoms with Crippen molar-refractivity contribution in [2.24, 2.45) is 11.7 Å². The second kappa shape index (κ2) is 9.25. The van der Waals surface area contributed by atoms with Crippen LogP contribution in [0.4, 0.5) is 0 Å². The van der Waals surface area contributed by atoms with Crippen LogP contribution in [-0.4, -0.2) is 29.9 Å². The molecule has 0 aromatic heterocycles. The summed E-state index contributed by atoms with van der Waals surface area (Å²) in [6.45, 7) is 4.02.